The summed E-state index contributed by atoms with van der Waals surface area (Å²) in [6, 6.07) is 2.63. The molecule has 2 aliphatic carbocycles. The Morgan fingerprint density at radius 2 is 1.62 bits per heavy atom. The van der Waals surface area contributed by atoms with Gasteiger partial charge in [-0.25, -0.2) is 0 Å². The fraction of sp³-hybridized carbons (Fsp3) is 0.857. The molecular formula is C28H53N8O3P. The van der Waals surface area contributed by atoms with E-state index in [0.717, 1.165) is 83.1 Å². The summed E-state index contributed by atoms with van der Waals surface area (Å²) in [5.74, 6) is 3.47. The molecule has 3 aliphatic rings. The maximum atomic E-state index is 8.84. The summed E-state index contributed by atoms with van der Waals surface area (Å²) >= 11 is 0. The zero-order valence-electron chi connectivity index (χ0n) is 24.3. The molecule has 0 amide bonds. The second kappa shape index (κ2) is 17.6. The Hall–Kier alpha value is -1.33. The van der Waals surface area contributed by atoms with Crippen molar-refractivity contribution >= 4 is 26.2 Å². The van der Waals surface area contributed by atoms with Gasteiger partial charge in [0, 0.05) is 51.4 Å². The molecule has 0 radical (unpaired) electrons. The van der Waals surface area contributed by atoms with Crippen molar-refractivity contribution in [3.63, 3.8) is 0 Å². The van der Waals surface area contributed by atoms with Gasteiger partial charge < -0.3 is 40.9 Å². The quantitative estimate of drug-likeness (QED) is 0.127. The van der Waals surface area contributed by atoms with Crippen molar-refractivity contribution in [1.82, 2.24) is 25.5 Å². The van der Waals surface area contributed by atoms with E-state index in [-0.39, 0.29) is 0 Å². The van der Waals surface area contributed by atoms with E-state index in [1.54, 1.807) is 0 Å². The van der Waals surface area contributed by atoms with E-state index < -0.39 is 8.60 Å². The molecule has 12 heteroatoms. The number of anilines is 3. The fourth-order valence-corrected chi connectivity index (χ4v) is 6.63. The minimum atomic E-state index is -2.25. The highest BCUT2D eigenvalue weighted by Crippen LogP contribution is 2.29. The van der Waals surface area contributed by atoms with Crippen molar-refractivity contribution in [1.29, 1.82) is 0 Å². The Kier molecular flexibility index (Phi) is 13.9. The lowest BCUT2D eigenvalue weighted by molar-refractivity contribution is 0.209. The number of nitrogens with two attached hydrogens (primary N) is 1. The van der Waals surface area contributed by atoms with Crippen LogP contribution in [0.15, 0.2) is 6.07 Å². The molecule has 228 valence electrons. The Morgan fingerprint density at radius 1 is 0.900 bits per heavy atom. The van der Waals surface area contributed by atoms with Crippen molar-refractivity contribution in [2.24, 2.45) is 11.8 Å². The second-order valence-corrected chi connectivity index (χ2v) is 12.6. The summed E-state index contributed by atoms with van der Waals surface area (Å²) in [6.45, 7) is 9.17. The third kappa shape index (κ3) is 11.5. The van der Waals surface area contributed by atoms with Crippen molar-refractivity contribution in [3.8, 4) is 0 Å². The van der Waals surface area contributed by atoms with Crippen LogP contribution in [0.1, 0.15) is 70.6 Å². The van der Waals surface area contributed by atoms with E-state index >= 15 is 0 Å². The maximum absolute atomic E-state index is 8.84. The standard InChI is InChI=1S/C28H53N8O3P/c29-26-20-27(36-17-15-35(16-18-36)14-5-19-39-40(37)38)34-28(33-26)32-22-24-10-8-23(9-11-24)21-30-12-4-13-31-25-6-2-1-3-7-25/h20,23-25,30-31,37-38H,1-19,21-22H2,(H3,29,32,33,34). The summed E-state index contributed by atoms with van der Waals surface area (Å²) in [5, 5.41) is 10.9. The lowest BCUT2D eigenvalue weighted by Crippen LogP contribution is -2.47. The normalized spacial score (nSPS) is 23.1. The van der Waals surface area contributed by atoms with Gasteiger partial charge in [-0.2, -0.15) is 9.97 Å². The molecule has 0 spiro atoms. The molecule has 1 aromatic rings. The lowest BCUT2D eigenvalue weighted by Gasteiger charge is -2.35. The van der Waals surface area contributed by atoms with Gasteiger partial charge in [0.2, 0.25) is 5.95 Å². The van der Waals surface area contributed by atoms with Gasteiger partial charge in [-0.3, -0.25) is 4.90 Å². The number of aromatic nitrogens is 2. The van der Waals surface area contributed by atoms with Crippen LogP contribution < -0.4 is 26.6 Å². The fourth-order valence-electron chi connectivity index (χ4n) is 6.34. The number of nitrogens with zero attached hydrogens (tertiary/aromatic N) is 4. The van der Waals surface area contributed by atoms with Crippen LogP contribution >= 0.6 is 8.60 Å². The summed E-state index contributed by atoms with van der Waals surface area (Å²) in [4.78, 5) is 31.6. The molecule has 1 aliphatic heterocycles. The van der Waals surface area contributed by atoms with Crippen molar-refractivity contribution < 1.29 is 14.3 Å². The molecule has 1 aromatic heterocycles. The average Bonchev–Trinajstić information content (AvgIpc) is 2.97. The zero-order valence-corrected chi connectivity index (χ0v) is 25.2. The first-order chi connectivity index (χ1) is 19.5. The minimum Gasteiger partial charge on any atom is -0.383 e. The lowest BCUT2D eigenvalue weighted by atomic mass is 9.82. The summed E-state index contributed by atoms with van der Waals surface area (Å²) < 4.78 is 4.86. The van der Waals surface area contributed by atoms with Crippen LogP contribution in [-0.2, 0) is 4.52 Å². The van der Waals surface area contributed by atoms with E-state index in [4.69, 9.17) is 25.0 Å². The van der Waals surface area contributed by atoms with Gasteiger partial charge in [-0.1, -0.05) is 19.3 Å². The van der Waals surface area contributed by atoms with Gasteiger partial charge in [0.05, 0.1) is 6.61 Å². The SMILES string of the molecule is Nc1cc(N2CCN(CCCOP(O)O)CC2)nc(NCC2CCC(CNCCCNC3CCCCC3)CC2)n1. The molecule has 2 saturated carbocycles. The van der Waals surface area contributed by atoms with Crippen LogP contribution in [0.2, 0.25) is 0 Å². The van der Waals surface area contributed by atoms with E-state index in [1.807, 2.05) is 6.07 Å². The predicted octanol–water partition coefficient (Wildman–Crippen LogP) is 2.92. The maximum Gasteiger partial charge on any atom is 0.327 e. The van der Waals surface area contributed by atoms with Crippen molar-refractivity contribution in [2.45, 2.75) is 76.7 Å². The Bertz CT molecular complexity index is 832. The molecule has 7 N–H and O–H groups in total. The van der Waals surface area contributed by atoms with E-state index in [0.29, 0.717) is 24.3 Å². The topological polar surface area (TPSA) is 144 Å². The third-order valence-electron chi connectivity index (χ3n) is 8.77. The summed E-state index contributed by atoms with van der Waals surface area (Å²) in [7, 11) is -2.25. The summed E-state index contributed by atoms with van der Waals surface area (Å²) in [5.41, 5.74) is 6.15. The second-order valence-electron chi connectivity index (χ2n) is 11.9. The van der Waals surface area contributed by atoms with Crippen LogP contribution in [0.3, 0.4) is 0 Å². The Balaban J connectivity index is 1.07. The molecule has 0 bridgehead atoms. The van der Waals surface area contributed by atoms with Crippen molar-refractivity contribution in [3.05, 3.63) is 6.07 Å². The Morgan fingerprint density at radius 3 is 2.35 bits per heavy atom. The monoisotopic (exact) mass is 580 g/mol. The van der Waals surface area contributed by atoms with Crippen LogP contribution in [0, 0.1) is 11.8 Å². The van der Waals surface area contributed by atoms with Gasteiger partial charge in [0.1, 0.15) is 11.6 Å². The van der Waals surface area contributed by atoms with E-state index in [9.17, 15) is 0 Å². The van der Waals surface area contributed by atoms with Crippen LogP contribution in [-0.4, -0.2) is 96.2 Å². The number of nitrogen functional groups attached to an aromatic ring is 1. The van der Waals surface area contributed by atoms with Gasteiger partial charge in [0.25, 0.3) is 0 Å². The van der Waals surface area contributed by atoms with E-state index in [1.165, 1.54) is 64.2 Å². The zero-order chi connectivity index (χ0) is 28.0. The molecule has 2 heterocycles. The number of hydrogen-bond donors (Lipinski definition) is 6. The minimum absolute atomic E-state index is 0.368. The number of nitrogens with one attached hydrogen (secondary N) is 3. The smallest absolute Gasteiger partial charge is 0.327 e. The molecule has 3 fully saturated rings. The predicted molar refractivity (Wildman–Crippen MR) is 163 cm³/mol. The molecule has 0 aromatic carbocycles. The highest BCUT2D eigenvalue weighted by Gasteiger charge is 2.22. The molecule has 4 rings (SSSR count). The van der Waals surface area contributed by atoms with E-state index in [2.05, 4.69) is 30.7 Å². The van der Waals surface area contributed by atoms with Crippen molar-refractivity contribution in [2.75, 3.05) is 81.5 Å². The van der Waals surface area contributed by atoms with Gasteiger partial charge in [0.15, 0.2) is 0 Å². The highest BCUT2D eigenvalue weighted by molar-refractivity contribution is 7.39. The van der Waals surface area contributed by atoms with Crippen LogP contribution in [0.5, 0.6) is 0 Å². The first-order valence-corrected chi connectivity index (χ1v) is 16.8. The highest BCUT2D eigenvalue weighted by atomic mass is 31.2. The Labute approximate surface area is 242 Å². The molecule has 0 atom stereocenters. The number of rotatable bonds is 16. The molecule has 0 unspecified atom stereocenters. The van der Waals surface area contributed by atoms with Gasteiger partial charge in [-0.05, 0) is 82.8 Å². The largest absolute Gasteiger partial charge is 0.383 e. The van der Waals surface area contributed by atoms with Crippen LogP contribution in [0.25, 0.3) is 0 Å². The van der Waals surface area contributed by atoms with Gasteiger partial charge >= 0.3 is 8.60 Å². The molecular weight excluding hydrogens is 527 g/mol. The first-order valence-electron chi connectivity index (χ1n) is 15.7. The third-order valence-corrected chi connectivity index (χ3v) is 9.18. The van der Waals surface area contributed by atoms with Gasteiger partial charge in [-0.15, -0.1) is 0 Å². The van der Waals surface area contributed by atoms with Crippen LogP contribution in [0.4, 0.5) is 17.6 Å². The number of piperazine rings is 1. The molecule has 40 heavy (non-hydrogen) atoms. The molecule has 1 saturated heterocycles. The average molecular weight is 581 g/mol. The number of hydrogen-bond acceptors (Lipinski definition) is 11. The first kappa shape index (κ1) is 31.6. The molecule has 11 nitrogen and oxygen atoms in total. The summed E-state index contributed by atoms with van der Waals surface area (Å²) in [6.07, 6.45) is 14.1.